The quantitative estimate of drug-likeness (QED) is 0.313. The monoisotopic (exact) mass is 240 g/mol. The fraction of sp³-hybridized carbons (Fsp3) is 1.00. The zero-order valence-electron chi connectivity index (χ0n) is 12.8. The van der Waals surface area contributed by atoms with Gasteiger partial charge in [-0.2, -0.15) is 0 Å². The summed E-state index contributed by atoms with van der Waals surface area (Å²) in [6, 6.07) is 0. The molecule has 0 saturated carbocycles. The molecule has 0 rings (SSSR count). The van der Waals surface area contributed by atoms with Crippen LogP contribution in [0, 0.1) is 5.92 Å². The molecule has 1 atom stereocenters. The molecule has 0 heterocycles. The highest BCUT2D eigenvalue weighted by molar-refractivity contribution is 4.52. The van der Waals surface area contributed by atoms with Gasteiger partial charge in [0.15, 0.2) is 0 Å². The van der Waals surface area contributed by atoms with E-state index in [1.54, 1.807) is 0 Å². The molecule has 0 bridgehead atoms. The Labute approximate surface area is 111 Å². The van der Waals surface area contributed by atoms with Gasteiger partial charge in [0.05, 0.1) is 0 Å². The third-order valence-corrected chi connectivity index (χ3v) is 4.00. The van der Waals surface area contributed by atoms with Crippen LogP contribution in [0.2, 0.25) is 0 Å². The summed E-state index contributed by atoms with van der Waals surface area (Å²) < 4.78 is 0. The van der Waals surface area contributed by atoms with E-state index < -0.39 is 0 Å². The highest BCUT2D eigenvalue weighted by Crippen LogP contribution is 2.15. The van der Waals surface area contributed by atoms with E-state index in [1.165, 1.54) is 83.5 Å². The Kier molecular flexibility index (Phi) is 14.1. The maximum absolute atomic E-state index is 2.39. The molecule has 0 aliphatic rings. The lowest BCUT2D eigenvalue weighted by Crippen LogP contribution is -1.91. The molecular formula is C17H36. The normalized spacial score (nSPS) is 12.9. The van der Waals surface area contributed by atoms with Gasteiger partial charge in [-0.15, -0.1) is 0 Å². The van der Waals surface area contributed by atoms with E-state index in [0.717, 1.165) is 5.92 Å². The Morgan fingerprint density at radius 1 is 0.588 bits per heavy atom. The van der Waals surface area contributed by atoms with Crippen LogP contribution >= 0.6 is 0 Å². The molecule has 104 valence electrons. The fourth-order valence-electron chi connectivity index (χ4n) is 2.36. The summed E-state index contributed by atoms with van der Waals surface area (Å²) in [6.45, 7) is 6.99. The average molecular weight is 240 g/mol. The van der Waals surface area contributed by atoms with Gasteiger partial charge in [-0.25, -0.2) is 0 Å². The topological polar surface area (TPSA) is 0 Å². The fourth-order valence-corrected chi connectivity index (χ4v) is 2.36. The molecule has 0 aromatic rings. The van der Waals surface area contributed by atoms with Crippen molar-refractivity contribution in [3.05, 3.63) is 0 Å². The standard InChI is InChI=1S/C17H36/c1-4-6-7-8-9-10-11-12-13-14-15-16-17(3)5-2/h17H,4-16H2,1-3H3/t17-/m1/s1. The van der Waals surface area contributed by atoms with Crippen LogP contribution in [0.15, 0.2) is 0 Å². The van der Waals surface area contributed by atoms with Gasteiger partial charge >= 0.3 is 0 Å². The number of hydrogen-bond donors (Lipinski definition) is 0. The van der Waals surface area contributed by atoms with Crippen LogP contribution in [0.3, 0.4) is 0 Å². The van der Waals surface area contributed by atoms with Gasteiger partial charge < -0.3 is 0 Å². The van der Waals surface area contributed by atoms with Crippen molar-refractivity contribution in [3.63, 3.8) is 0 Å². The molecule has 0 nitrogen and oxygen atoms in total. The van der Waals surface area contributed by atoms with E-state index in [9.17, 15) is 0 Å². The van der Waals surface area contributed by atoms with Crippen molar-refractivity contribution in [2.24, 2.45) is 5.92 Å². The van der Waals surface area contributed by atoms with Crippen molar-refractivity contribution in [1.29, 1.82) is 0 Å². The minimum atomic E-state index is 0.952. The SMILES string of the molecule is CCCCCCCCCCCCC[C@H](C)CC. The molecule has 0 fully saturated rings. The molecule has 0 aromatic carbocycles. The van der Waals surface area contributed by atoms with Crippen molar-refractivity contribution in [1.82, 2.24) is 0 Å². The second kappa shape index (κ2) is 14.1. The maximum atomic E-state index is 2.39. The highest BCUT2D eigenvalue weighted by atomic mass is 14.0. The number of rotatable bonds is 13. The summed E-state index contributed by atoms with van der Waals surface area (Å²) in [5, 5.41) is 0. The van der Waals surface area contributed by atoms with E-state index in [4.69, 9.17) is 0 Å². The lowest BCUT2D eigenvalue weighted by atomic mass is 9.99. The minimum Gasteiger partial charge on any atom is -0.0654 e. The molecule has 0 aliphatic heterocycles. The number of hydrogen-bond acceptors (Lipinski definition) is 0. The molecule has 0 saturated heterocycles. The minimum absolute atomic E-state index is 0.952. The smallest absolute Gasteiger partial charge is 0.0445 e. The van der Waals surface area contributed by atoms with Gasteiger partial charge in [-0.3, -0.25) is 0 Å². The van der Waals surface area contributed by atoms with Gasteiger partial charge in [0, 0.05) is 0 Å². The van der Waals surface area contributed by atoms with Crippen LogP contribution < -0.4 is 0 Å². The average Bonchev–Trinajstić information content (AvgIpc) is 2.35. The summed E-state index contributed by atoms with van der Waals surface area (Å²) in [7, 11) is 0. The van der Waals surface area contributed by atoms with Gasteiger partial charge in [-0.1, -0.05) is 104 Å². The lowest BCUT2D eigenvalue weighted by molar-refractivity contribution is 0.469. The molecule has 0 aromatic heterocycles. The third-order valence-electron chi connectivity index (χ3n) is 4.00. The Balaban J connectivity index is 2.94. The Bertz CT molecular complexity index is 128. The second-order valence-electron chi connectivity index (χ2n) is 5.84. The van der Waals surface area contributed by atoms with Crippen molar-refractivity contribution >= 4 is 0 Å². The number of unbranched alkanes of at least 4 members (excludes halogenated alkanes) is 10. The van der Waals surface area contributed by atoms with E-state index in [-0.39, 0.29) is 0 Å². The van der Waals surface area contributed by atoms with Crippen molar-refractivity contribution in [2.75, 3.05) is 0 Å². The summed E-state index contributed by atoms with van der Waals surface area (Å²) in [5.74, 6) is 0.952. The van der Waals surface area contributed by atoms with Gasteiger partial charge in [0.2, 0.25) is 0 Å². The Hall–Kier alpha value is 0. The van der Waals surface area contributed by atoms with Crippen LogP contribution in [-0.2, 0) is 0 Å². The first-order chi connectivity index (χ1) is 8.31. The first-order valence-electron chi connectivity index (χ1n) is 8.31. The van der Waals surface area contributed by atoms with Crippen molar-refractivity contribution < 1.29 is 0 Å². The van der Waals surface area contributed by atoms with E-state index in [1.807, 2.05) is 0 Å². The van der Waals surface area contributed by atoms with Crippen LogP contribution in [-0.4, -0.2) is 0 Å². The lowest BCUT2D eigenvalue weighted by Gasteiger charge is -2.07. The van der Waals surface area contributed by atoms with Crippen molar-refractivity contribution in [3.8, 4) is 0 Å². The molecule has 0 unspecified atom stereocenters. The first kappa shape index (κ1) is 17.0. The van der Waals surface area contributed by atoms with Gasteiger partial charge in [0.1, 0.15) is 0 Å². The van der Waals surface area contributed by atoms with E-state index >= 15 is 0 Å². The zero-order valence-corrected chi connectivity index (χ0v) is 12.8. The Morgan fingerprint density at radius 3 is 1.41 bits per heavy atom. The molecule has 0 amide bonds. The first-order valence-corrected chi connectivity index (χ1v) is 8.31. The summed E-state index contributed by atoms with van der Waals surface area (Å²) in [5.41, 5.74) is 0. The summed E-state index contributed by atoms with van der Waals surface area (Å²) in [6.07, 6.45) is 18.9. The highest BCUT2D eigenvalue weighted by Gasteiger charge is 1.98. The van der Waals surface area contributed by atoms with Crippen LogP contribution in [0.4, 0.5) is 0 Å². The largest absolute Gasteiger partial charge is 0.0654 e. The molecule has 0 N–H and O–H groups in total. The van der Waals surface area contributed by atoms with Crippen LogP contribution in [0.1, 0.15) is 104 Å². The zero-order chi connectivity index (χ0) is 12.8. The molecule has 0 spiro atoms. The summed E-state index contributed by atoms with van der Waals surface area (Å²) >= 11 is 0. The van der Waals surface area contributed by atoms with Gasteiger partial charge in [-0.05, 0) is 5.92 Å². The molecular weight excluding hydrogens is 204 g/mol. The van der Waals surface area contributed by atoms with Crippen molar-refractivity contribution in [2.45, 2.75) is 104 Å². The molecule has 0 radical (unpaired) electrons. The van der Waals surface area contributed by atoms with Gasteiger partial charge in [0.25, 0.3) is 0 Å². The van der Waals surface area contributed by atoms with E-state index in [0.29, 0.717) is 0 Å². The van der Waals surface area contributed by atoms with Crippen LogP contribution in [0.5, 0.6) is 0 Å². The predicted molar refractivity (Wildman–Crippen MR) is 80.5 cm³/mol. The molecule has 0 aliphatic carbocycles. The van der Waals surface area contributed by atoms with Crippen LogP contribution in [0.25, 0.3) is 0 Å². The third kappa shape index (κ3) is 13.9. The Morgan fingerprint density at radius 2 is 1.00 bits per heavy atom. The summed E-state index contributed by atoms with van der Waals surface area (Å²) in [4.78, 5) is 0. The predicted octanol–water partition coefficient (Wildman–Crippen LogP) is 6.73. The molecule has 17 heavy (non-hydrogen) atoms. The maximum Gasteiger partial charge on any atom is -0.0445 e. The molecule has 0 heteroatoms. The van der Waals surface area contributed by atoms with E-state index in [2.05, 4.69) is 20.8 Å². The second-order valence-corrected chi connectivity index (χ2v) is 5.84.